The Kier molecular flexibility index (Phi) is 4.58. The number of halogens is 3. The Bertz CT molecular complexity index is 668. The molecule has 0 fully saturated rings. The van der Waals surface area contributed by atoms with Crippen LogP contribution in [0.2, 0.25) is 5.02 Å². The van der Waals surface area contributed by atoms with Crippen LogP contribution in [0.5, 0.6) is 0 Å². The van der Waals surface area contributed by atoms with Gasteiger partial charge in [-0.05, 0) is 31.2 Å². The average Bonchev–Trinajstić information content (AvgIpc) is 2.44. The molecule has 0 unspecified atom stereocenters. The summed E-state index contributed by atoms with van der Waals surface area (Å²) >= 11 is 5.93. The van der Waals surface area contributed by atoms with E-state index in [0.717, 1.165) is 5.56 Å². The van der Waals surface area contributed by atoms with Gasteiger partial charge in [-0.3, -0.25) is 4.79 Å². The summed E-state index contributed by atoms with van der Waals surface area (Å²) in [4.78, 5) is 13.5. The molecule has 0 aliphatic rings. The third kappa shape index (κ3) is 3.39. The average molecular weight is 310 g/mol. The number of rotatable bonds is 3. The minimum atomic E-state index is -0.600. The van der Waals surface area contributed by atoms with E-state index in [9.17, 15) is 13.6 Å². The maximum absolute atomic E-state index is 13.7. The van der Waals surface area contributed by atoms with Crippen LogP contribution in [-0.2, 0) is 6.54 Å². The highest BCUT2D eigenvalue weighted by Crippen LogP contribution is 2.21. The first-order valence-corrected chi connectivity index (χ1v) is 6.72. The number of amides is 1. The van der Waals surface area contributed by atoms with Gasteiger partial charge in [-0.1, -0.05) is 29.3 Å². The lowest BCUT2D eigenvalue weighted by Crippen LogP contribution is -2.27. The van der Waals surface area contributed by atoms with Gasteiger partial charge in [0.25, 0.3) is 5.91 Å². The summed E-state index contributed by atoms with van der Waals surface area (Å²) in [5.74, 6) is -1.61. The first-order valence-electron chi connectivity index (χ1n) is 6.34. The Balaban J connectivity index is 2.26. The second kappa shape index (κ2) is 6.22. The molecule has 0 aliphatic heterocycles. The van der Waals surface area contributed by atoms with Crippen molar-refractivity contribution in [3.8, 4) is 0 Å². The lowest BCUT2D eigenvalue weighted by Gasteiger charge is -2.19. The lowest BCUT2D eigenvalue weighted by molar-refractivity contribution is 0.0779. The predicted octanol–water partition coefficient (Wildman–Crippen LogP) is 4.20. The molecule has 0 spiro atoms. The zero-order valence-electron chi connectivity index (χ0n) is 11.7. The summed E-state index contributed by atoms with van der Waals surface area (Å²) < 4.78 is 27.5. The summed E-state index contributed by atoms with van der Waals surface area (Å²) in [6.07, 6.45) is 0. The van der Waals surface area contributed by atoms with Crippen molar-refractivity contribution in [2.45, 2.75) is 13.5 Å². The van der Waals surface area contributed by atoms with Crippen LogP contribution in [0.15, 0.2) is 36.4 Å². The topological polar surface area (TPSA) is 20.3 Å². The molecule has 0 radical (unpaired) electrons. The largest absolute Gasteiger partial charge is 0.337 e. The molecule has 0 heterocycles. The quantitative estimate of drug-likeness (QED) is 0.832. The third-order valence-corrected chi connectivity index (χ3v) is 3.51. The molecule has 110 valence electrons. The highest BCUT2D eigenvalue weighted by atomic mass is 35.5. The monoisotopic (exact) mass is 309 g/mol. The van der Waals surface area contributed by atoms with Crippen molar-refractivity contribution in [1.29, 1.82) is 0 Å². The molecule has 2 rings (SSSR count). The molecule has 2 nitrogen and oxygen atoms in total. The highest BCUT2D eigenvalue weighted by molar-refractivity contribution is 6.31. The van der Waals surface area contributed by atoms with E-state index in [1.165, 1.54) is 36.2 Å². The van der Waals surface area contributed by atoms with Gasteiger partial charge in [0.1, 0.15) is 11.6 Å². The summed E-state index contributed by atoms with van der Waals surface area (Å²) in [5, 5.41) is 0.236. The van der Waals surface area contributed by atoms with Crippen LogP contribution in [-0.4, -0.2) is 17.9 Å². The van der Waals surface area contributed by atoms with Crippen LogP contribution in [0.3, 0.4) is 0 Å². The molecule has 5 heteroatoms. The predicted molar refractivity (Wildman–Crippen MR) is 78.3 cm³/mol. The first-order chi connectivity index (χ1) is 9.90. The molecule has 0 atom stereocenters. The third-order valence-electron chi connectivity index (χ3n) is 3.16. The van der Waals surface area contributed by atoms with E-state index in [-0.39, 0.29) is 22.7 Å². The second-order valence-corrected chi connectivity index (χ2v) is 5.25. The van der Waals surface area contributed by atoms with Gasteiger partial charge >= 0.3 is 0 Å². The van der Waals surface area contributed by atoms with Crippen LogP contribution in [0.1, 0.15) is 21.5 Å². The molecule has 0 saturated heterocycles. The summed E-state index contributed by atoms with van der Waals surface area (Å²) in [5.41, 5.74) is 0.949. The Morgan fingerprint density at radius 1 is 1.19 bits per heavy atom. The van der Waals surface area contributed by atoms with Gasteiger partial charge in [-0.15, -0.1) is 0 Å². The molecular weight excluding hydrogens is 296 g/mol. The molecular formula is C16H14ClF2NO. The number of aryl methyl sites for hydroxylation is 1. The molecule has 0 saturated carbocycles. The molecule has 0 aromatic heterocycles. The van der Waals surface area contributed by atoms with Gasteiger partial charge in [0, 0.05) is 24.2 Å². The van der Waals surface area contributed by atoms with Crippen LogP contribution < -0.4 is 0 Å². The van der Waals surface area contributed by atoms with E-state index in [0.29, 0.717) is 0 Å². The van der Waals surface area contributed by atoms with Crippen LogP contribution in [0.4, 0.5) is 8.78 Å². The number of carbonyl (C=O) groups is 1. The van der Waals surface area contributed by atoms with Gasteiger partial charge in [0.05, 0.1) is 5.56 Å². The van der Waals surface area contributed by atoms with E-state index < -0.39 is 17.5 Å². The molecule has 0 bridgehead atoms. The van der Waals surface area contributed by atoms with Crippen molar-refractivity contribution < 1.29 is 13.6 Å². The maximum atomic E-state index is 13.7. The van der Waals surface area contributed by atoms with Crippen LogP contribution >= 0.6 is 11.6 Å². The minimum absolute atomic E-state index is 0.0300. The Morgan fingerprint density at radius 2 is 1.90 bits per heavy atom. The van der Waals surface area contributed by atoms with E-state index in [2.05, 4.69) is 0 Å². The minimum Gasteiger partial charge on any atom is -0.337 e. The fourth-order valence-electron chi connectivity index (χ4n) is 2.00. The second-order valence-electron chi connectivity index (χ2n) is 4.84. The first kappa shape index (κ1) is 15.4. The lowest BCUT2D eigenvalue weighted by atomic mass is 10.1. The summed E-state index contributed by atoms with van der Waals surface area (Å²) in [6, 6.07) is 8.60. The molecule has 2 aromatic carbocycles. The SMILES string of the molecule is Cc1ccc(F)c(C(=O)N(C)Cc2c(F)cccc2Cl)c1. The van der Waals surface area contributed by atoms with Crippen LogP contribution in [0.25, 0.3) is 0 Å². The molecule has 0 N–H and O–H groups in total. The standard InChI is InChI=1S/C16H14ClF2NO/c1-10-6-7-15(19)11(8-10)16(21)20(2)9-12-13(17)4-3-5-14(12)18/h3-8H,9H2,1-2H3. The van der Waals surface area contributed by atoms with Crippen molar-refractivity contribution in [1.82, 2.24) is 4.90 Å². The van der Waals surface area contributed by atoms with Crippen molar-refractivity contribution in [3.05, 3.63) is 69.7 Å². The number of hydrogen-bond acceptors (Lipinski definition) is 1. The number of carbonyl (C=O) groups excluding carboxylic acids is 1. The number of benzene rings is 2. The van der Waals surface area contributed by atoms with Crippen molar-refractivity contribution in [2.24, 2.45) is 0 Å². The highest BCUT2D eigenvalue weighted by Gasteiger charge is 2.18. The Hall–Kier alpha value is -1.94. The Labute approximate surface area is 127 Å². The van der Waals surface area contributed by atoms with Gasteiger partial charge in [-0.25, -0.2) is 8.78 Å². The van der Waals surface area contributed by atoms with Gasteiger partial charge in [-0.2, -0.15) is 0 Å². The van der Waals surface area contributed by atoms with E-state index in [4.69, 9.17) is 11.6 Å². The van der Waals surface area contributed by atoms with E-state index in [1.54, 1.807) is 19.1 Å². The Morgan fingerprint density at radius 3 is 2.57 bits per heavy atom. The fraction of sp³-hybridized carbons (Fsp3) is 0.188. The molecule has 0 aliphatic carbocycles. The smallest absolute Gasteiger partial charge is 0.256 e. The molecule has 2 aromatic rings. The fourth-order valence-corrected chi connectivity index (χ4v) is 2.22. The van der Waals surface area contributed by atoms with Crippen molar-refractivity contribution >= 4 is 17.5 Å². The van der Waals surface area contributed by atoms with Crippen molar-refractivity contribution in [2.75, 3.05) is 7.05 Å². The zero-order valence-corrected chi connectivity index (χ0v) is 12.4. The van der Waals surface area contributed by atoms with Gasteiger partial charge in [0.15, 0.2) is 0 Å². The van der Waals surface area contributed by atoms with E-state index in [1.807, 2.05) is 0 Å². The number of nitrogens with zero attached hydrogens (tertiary/aromatic N) is 1. The summed E-state index contributed by atoms with van der Waals surface area (Å²) in [7, 11) is 1.48. The van der Waals surface area contributed by atoms with E-state index >= 15 is 0 Å². The summed E-state index contributed by atoms with van der Waals surface area (Å²) in [6.45, 7) is 1.74. The maximum Gasteiger partial charge on any atom is 0.256 e. The van der Waals surface area contributed by atoms with Crippen molar-refractivity contribution in [3.63, 3.8) is 0 Å². The number of hydrogen-bond donors (Lipinski definition) is 0. The van der Waals surface area contributed by atoms with Gasteiger partial charge < -0.3 is 4.90 Å². The molecule has 21 heavy (non-hydrogen) atoms. The normalized spacial score (nSPS) is 10.5. The van der Waals surface area contributed by atoms with Crippen LogP contribution in [0, 0.1) is 18.6 Å². The van der Waals surface area contributed by atoms with Gasteiger partial charge in [0.2, 0.25) is 0 Å². The zero-order chi connectivity index (χ0) is 15.6. The molecule has 1 amide bonds.